The fourth-order valence-electron chi connectivity index (χ4n) is 2.22. The lowest BCUT2D eigenvalue weighted by molar-refractivity contribution is -0.115. The second-order valence-corrected chi connectivity index (χ2v) is 5.81. The van der Waals surface area contributed by atoms with Crippen LogP contribution in [0.3, 0.4) is 0 Å². The SMILES string of the molecule is COc1cc(CC(=O)Nc2cc(-c3ccsc3)no2)cc(OC)c1. The van der Waals surface area contributed by atoms with Crippen molar-refractivity contribution >= 4 is 23.1 Å². The molecule has 7 heteroatoms. The van der Waals surface area contributed by atoms with Crippen molar-refractivity contribution in [3.05, 3.63) is 46.7 Å². The molecule has 0 atom stereocenters. The summed E-state index contributed by atoms with van der Waals surface area (Å²) in [6.07, 6.45) is 0.169. The number of ether oxygens (including phenoxy) is 2. The number of rotatable bonds is 6. The maximum Gasteiger partial charge on any atom is 0.231 e. The summed E-state index contributed by atoms with van der Waals surface area (Å²) in [7, 11) is 3.14. The Labute approximate surface area is 143 Å². The van der Waals surface area contributed by atoms with Gasteiger partial charge in [0.25, 0.3) is 0 Å². The second kappa shape index (κ2) is 7.18. The molecule has 1 amide bonds. The Balaban J connectivity index is 1.68. The van der Waals surface area contributed by atoms with Crippen LogP contribution in [0.1, 0.15) is 5.56 Å². The van der Waals surface area contributed by atoms with Gasteiger partial charge in [0, 0.05) is 23.1 Å². The van der Waals surface area contributed by atoms with E-state index < -0.39 is 0 Å². The van der Waals surface area contributed by atoms with Crippen molar-refractivity contribution in [3.63, 3.8) is 0 Å². The molecule has 3 rings (SSSR count). The van der Waals surface area contributed by atoms with E-state index in [1.807, 2.05) is 16.8 Å². The summed E-state index contributed by atoms with van der Waals surface area (Å²) in [5.41, 5.74) is 2.43. The molecule has 3 aromatic rings. The third-order valence-electron chi connectivity index (χ3n) is 3.37. The van der Waals surface area contributed by atoms with E-state index >= 15 is 0 Å². The highest BCUT2D eigenvalue weighted by Crippen LogP contribution is 2.25. The van der Waals surface area contributed by atoms with E-state index in [0.717, 1.165) is 11.1 Å². The molecule has 0 fully saturated rings. The third-order valence-corrected chi connectivity index (χ3v) is 4.05. The number of carbonyl (C=O) groups is 1. The molecule has 24 heavy (non-hydrogen) atoms. The summed E-state index contributed by atoms with van der Waals surface area (Å²) in [6.45, 7) is 0. The minimum atomic E-state index is -0.210. The molecule has 0 spiro atoms. The Morgan fingerprint density at radius 1 is 1.21 bits per heavy atom. The van der Waals surface area contributed by atoms with Crippen LogP contribution < -0.4 is 14.8 Å². The highest BCUT2D eigenvalue weighted by Gasteiger charge is 2.12. The fraction of sp³-hybridized carbons (Fsp3) is 0.176. The van der Waals surface area contributed by atoms with Crippen molar-refractivity contribution in [1.29, 1.82) is 0 Å². The second-order valence-electron chi connectivity index (χ2n) is 5.03. The van der Waals surface area contributed by atoms with Crippen molar-refractivity contribution in [2.45, 2.75) is 6.42 Å². The van der Waals surface area contributed by atoms with Crippen LogP contribution in [0, 0.1) is 0 Å². The highest BCUT2D eigenvalue weighted by atomic mass is 32.1. The standard InChI is InChI=1S/C17H16N2O4S/c1-21-13-5-11(6-14(8-13)22-2)7-16(20)18-17-9-15(19-23-17)12-3-4-24-10-12/h3-6,8-10H,7H2,1-2H3,(H,18,20). The Bertz CT molecular complexity index is 805. The molecular weight excluding hydrogens is 328 g/mol. The van der Waals surface area contributed by atoms with Crippen LogP contribution in [0.25, 0.3) is 11.3 Å². The maximum absolute atomic E-state index is 12.2. The lowest BCUT2D eigenvalue weighted by Gasteiger charge is -2.08. The molecule has 1 N–H and O–H groups in total. The quantitative estimate of drug-likeness (QED) is 0.739. The molecule has 0 saturated carbocycles. The molecular formula is C17H16N2O4S. The summed E-state index contributed by atoms with van der Waals surface area (Å²) >= 11 is 1.57. The molecule has 0 saturated heterocycles. The van der Waals surface area contributed by atoms with E-state index in [-0.39, 0.29) is 12.3 Å². The number of carbonyl (C=O) groups excluding carboxylic acids is 1. The van der Waals surface area contributed by atoms with Crippen LogP contribution in [0.2, 0.25) is 0 Å². The van der Waals surface area contributed by atoms with Gasteiger partial charge in [-0.25, -0.2) is 0 Å². The molecule has 0 bridgehead atoms. The number of hydrogen-bond acceptors (Lipinski definition) is 6. The smallest absolute Gasteiger partial charge is 0.231 e. The zero-order chi connectivity index (χ0) is 16.9. The summed E-state index contributed by atoms with van der Waals surface area (Å²) in [5.74, 6) is 1.38. The molecule has 0 aliphatic rings. The van der Waals surface area contributed by atoms with Gasteiger partial charge >= 0.3 is 0 Å². The third kappa shape index (κ3) is 3.75. The highest BCUT2D eigenvalue weighted by molar-refractivity contribution is 7.08. The van der Waals surface area contributed by atoms with E-state index in [0.29, 0.717) is 23.1 Å². The van der Waals surface area contributed by atoms with Gasteiger partial charge in [0.15, 0.2) is 0 Å². The first-order valence-electron chi connectivity index (χ1n) is 7.19. The van der Waals surface area contributed by atoms with Gasteiger partial charge in [-0.1, -0.05) is 5.16 Å². The number of nitrogens with one attached hydrogen (secondary N) is 1. The maximum atomic E-state index is 12.2. The zero-order valence-electron chi connectivity index (χ0n) is 13.2. The number of anilines is 1. The number of benzene rings is 1. The molecule has 0 aliphatic heterocycles. The summed E-state index contributed by atoms with van der Waals surface area (Å²) in [4.78, 5) is 12.2. The number of aromatic nitrogens is 1. The first-order chi connectivity index (χ1) is 11.7. The molecule has 1 aromatic carbocycles. The number of methoxy groups -OCH3 is 2. The number of amides is 1. The zero-order valence-corrected chi connectivity index (χ0v) is 14.1. The normalized spacial score (nSPS) is 10.4. The van der Waals surface area contributed by atoms with Gasteiger partial charge in [0.05, 0.1) is 20.6 Å². The van der Waals surface area contributed by atoms with E-state index in [1.165, 1.54) is 0 Å². The Hall–Kier alpha value is -2.80. The van der Waals surface area contributed by atoms with Gasteiger partial charge in [-0.15, -0.1) is 0 Å². The average Bonchev–Trinajstić information content (AvgIpc) is 3.25. The number of hydrogen-bond donors (Lipinski definition) is 1. The van der Waals surface area contributed by atoms with Gasteiger partial charge < -0.3 is 14.0 Å². The Morgan fingerprint density at radius 2 is 1.96 bits per heavy atom. The van der Waals surface area contributed by atoms with E-state index in [4.69, 9.17) is 14.0 Å². The lowest BCUT2D eigenvalue weighted by atomic mass is 10.1. The van der Waals surface area contributed by atoms with Crippen LogP contribution in [0.5, 0.6) is 11.5 Å². The molecule has 124 valence electrons. The summed E-state index contributed by atoms with van der Waals surface area (Å²) < 4.78 is 15.6. The van der Waals surface area contributed by atoms with Gasteiger partial charge in [-0.2, -0.15) is 11.3 Å². The minimum absolute atomic E-state index is 0.169. The van der Waals surface area contributed by atoms with E-state index in [2.05, 4.69) is 10.5 Å². The van der Waals surface area contributed by atoms with Gasteiger partial charge in [-0.3, -0.25) is 10.1 Å². The molecule has 2 aromatic heterocycles. The number of nitrogens with zero attached hydrogens (tertiary/aromatic N) is 1. The summed E-state index contributed by atoms with van der Waals surface area (Å²) in [6, 6.07) is 8.98. The van der Waals surface area contributed by atoms with Crippen molar-refractivity contribution in [2.75, 3.05) is 19.5 Å². The molecule has 6 nitrogen and oxygen atoms in total. The van der Waals surface area contributed by atoms with Crippen molar-refractivity contribution in [3.8, 4) is 22.8 Å². The molecule has 0 radical (unpaired) electrons. The van der Waals surface area contributed by atoms with Crippen LogP contribution in [0.4, 0.5) is 5.88 Å². The predicted octanol–water partition coefficient (Wildman–Crippen LogP) is 3.60. The largest absolute Gasteiger partial charge is 0.497 e. The van der Waals surface area contributed by atoms with Crippen LogP contribution in [-0.4, -0.2) is 25.3 Å². The topological polar surface area (TPSA) is 73.6 Å². The summed E-state index contributed by atoms with van der Waals surface area (Å²) in [5, 5.41) is 10.6. The average molecular weight is 344 g/mol. The van der Waals surface area contributed by atoms with Crippen molar-refractivity contribution in [2.24, 2.45) is 0 Å². The molecule has 2 heterocycles. The van der Waals surface area contributed by atoms with Crippen molar-refractivity contribution in [1.82, 2.24) is 5.16 Å². The van der Waals surface area contributed by atoms with Gasteiger partial charge in [-0.05, 0) is 29.1 Å². The molecule has 0 aliphatic carbocycles. The first-order valence-corrected chi connectivity index (χ1v) is 8.13. The van der Waals surface area contributed by atoms with E-state index in [1.54, 1.807) is 49.8 Å². The van der Waals surface area contributed by atoms with Crippen molar-refractivity contribution < 1.29 is 18.8 Å². The van der Waals surface area contributed by atoms with Crippen LogP contribution in [-0.2, 0) is 11.2 Å². The Kier molecular flexibility index (Phi) is 4.81. The van der Waals surface area contributed by atoms with Gasteiger partial charge in [0.1, 0.15) is 17.2 Å². The Morgan fingerprint density at radius 3 is 2.58 bits per heavy atom. The molecule has 0 unspecified atom stereocenters. The van der Waals surface area contributed by atoms with Crippen LogP contribution >= 0.6 is 11.3 Å². The lowest BCUT2D eigenvalue weighted by Crippen LogP contribution is -2.14. The number of thiophene rings is 1. The van der Waals surface area contributed by atoms with Crippen LogP contribution in [0.15, 0.2) is 45.6 Å². The fourth-order valence-corrected chi connectivity index (χ4v) is 2.87. The minimum Gasteiger partial charge on any atom is -0.497 e. The van der Waals surface area contributed by atoms with Gasteiger partial charge in [0.2, 0.25) is 11.8 Å². The van der Waals surface area contributed by atoms with E-state index in [9.17, 15) is 4.79 Å². The first kappa shape index (κ1) is 16.1. The predicted molar refractivity (Wildman–Crippen MR) is 91.7 cm³/mol. The monoisotopic (exact) mass is 344 g/mol.